The molecule has 1 N–H and O–H groups in total. The van der Waals surface area contributed by atoms with Crippen LogP contribution in [-0.2, 0) is 4.74 Å². The van der Waals surface area contributed by atoms with Gasteiger partial charge in [-0.3, -0.25) is 0 Å². The maximum absolute atomic E-state index is 6.33. The summed E-state index contributed by atoms with van der Waals surface area (Å²) < 4.78 is 6.33. The first-order valence-electron chi connectivity index (χ1n) is 7.86. The van der Waals surface area contributed by atoms with Gasteiger partial charge in [0.2, 0.25) is 0 Å². The van der Waals surface area contributed by atoms with Crippen molar-refractivity contribution in [1.82, 2.24) is 10.2 Å². The van der Waals surface area contributed by atoms with Crippen molar-refractivity contribution in [2.75, 3.05) is 26.7 Å². The van der Waals surface area contributed by atoms with Gasteiger partial charge >= 0.3 is 0 Å². The molecule has 0 aromatic carbocycles. The second-order valence-electron chi connectivity index (χ2n) is 7.69. The molecule has 2 rings (SSSR count). The second-order valence-corrected chi connectivity index (χ2v) is 7.69. The molecule has 112 valence electrons. The lowest BCUT2D eigenvalue weighted by Gasteiger charge is -2.37. The minimum Gasteiger partial charge on any atom is -0.368 e. The van der Waals surface area contributed by atoms with E-state index >= 15 is 0 Å². The van der Waals surface area contributed by atoms with E-state index in [1.54, 1.807) is 0 Å². The van der Waals surface area contributed by atoms with Gasteiger partial charge in [-0.15, -0.1) is 0 Å². The lowest BCUT2D eigenvalue weighted by atomic mass is 9.81. The first-order valence-corrected chi connectivity index (χ1v) is 7.86. The van der Waals surface area contributed by atoms with Crippen LogP contribution in [-0.4, -0.2) is 48.8 Å². The summed E-state index contributed by atoms with van der Waals surface area (Å²) in [5, 5.41) is 3.51. The zero-order chi connectivity index (χ0) is 14.3. The topological polar surface area (TPSA) is 24.5 Å². The third-order valence-corrected chi connectivity index (χ3v) is 5.08. The molecule has 0 aromatic heterocycles. The quantitative estimate of drug-likeness (QED) is 0.851. The van der Waals surface area contributed by atoms with E-state index in [0.717, 1.165) is 12.5 Å². The number of nitrogens with zero attached hydrogens (tertiary/aromatic N) is 1. The molecule has 0 bridgehead atoms. The highest BCUT2D eigenvalue weighted by atomic mass is 16.5. The molecule has 3 atom stereocenters. The van der Waals surface area contributed by atoms with Gasteiger partial charge < -0.3 is 15.0 Å². The molecule has 3 nitrogen and oxygen atoms in total. The maximum Gasteiger partial charge on any atom is 0.0790 e. The zero-order valence-corrected chi connectivity index (χ0v) is 13.6. The van der Waals surface area contributed by atoms with E-state index in [4.69, 9.17) is 4.74 Å². The van der Waals surface area contributed by atoms with Crippen molar-refractivity contribution in [3.8, 4) is 0 Å². The zero-order valence-electron chi connectivity index (χ0n) is 13.6. The van der Waals surface area contributed by atoms with Crippen LogP contribution < -0.4 is 5.32 Å². The number of rotatable bonds is 3. The number of ether oxygens (including phenoxy) is 1. The first kappa shape index (κ1) is 15.3. The van der Waals surface area contributed by atoms with Crippen molar-refractivity contribution in [2.24, 2.45) is 11.8 Å². The molecule has 0 aliphatic carbocycles. The van der Waals surface area contributed by atoms with Crippen LogP contribution in [0.1, 0.15) is 47.5 Å². The molecule has 2 aliphatic heterocycles. The molecule has 2 fully saturated rings. The average Bonchev–Trinajstić information content (AvgIpc) is 2.43. The van der Waals surface area contributed by atoms with Crippen molar-refractivity contribution in [1.29, 1.82) is 0 Å². The Hall–Kier alpha value is -0.120. The summed E-state index contributed by atoms with van der Waals surface area (Å²) in [6.45, 7) is 15.0. The minimum atomic E-state index is -0.0790. The van der Waals surface area contributed by atoms with Crippen LogP contribution in [0.25, 0.3) is 0 Å². The second kappa shape index (κ2) is 5.34. The Bertz CT molecular complexity index is 314. The van der Waals surface area contributed by atoms with E-state index in [0.29, 0.717) is 12.0 Å². The van der Waals surface area contributed by atoms with Gasteiger partial charge in [0.05, 0.1) is 11.2 Å². The summed E-state index contributed by atoms with van der Waals surface area (Å²) in [6.07, 6.45) is 2.74. The Morgan fingerprint density at radius 3 is 2.47 bits per heavy atom. The van der Waals surface area contributed by atoms with Gasteiger partial charge in [-0.05, 0) is 60.0 Å². The lowest BCUT2D eigenvalue weighted by molar-refractivity contribution is -0.0799. The number of hydrogen-bond donors (Lipinski definition) is 1. The molecule has 0 spiro atoms. The fourth-order valence-electron chi connectivity index (χ4n) is 4.31. The van der Waals surface area contributed by atoms with Crippen molar-refractivity contribution >= 4 is 0 Å². The molecule has 3 heteroatoms. The van der Waals surface area contributed by atoms with Crippen LogP contribution in [0.2, 0.25) is 0 Å². The van der Waals surface area contributed by atoms with Crippen LogP contribution in [0.15, 0.2) is 0 Å². The SMILES string of the molecule is CNC1C(CN2CCCC(C)C2)C(C)(C)OC1(C)C. The molecule has 0 amide bonds. The van der Waals surface area contributed by atoms with Gasteiger partial charge in [0.25, 0.3) is 0 Å². The number of nitrogens with one attached hydrogen (secondary N) is 1. The molecule has 2 saturated heterocycles. The summed E-state index contributed by atoms with van der Waals surface area (Å²) in [4.78, 5) is 2.65. The van der Waals surface area contributed by atoms with Crippen LogP contribution in [0, 0.1) is 11.8 Å². The van der Waals surface area contributed by atoms with Gasteiger partial charge in [0.15, 0.2) is 0 Å². The molecular weight excluding hydrogens is 236 g/mol. The summed E-state index contributed by atoms with van der Waals surface area (Å²) in [5.74, 6) is 1.40. The van der Waals surface area contributed by atoms with Crippen LogP contribution in [0.5, 0.6) is 0 Å². The van der Waals surface area contributed by atoms with Crippen LogP contribution >= 0.6 is 0 Å². The third kappa shape index (κ3) is 3.14. The standard InChI is InChI=1S/C16H32N2O/c1-12-8-7-9-18(10-12)11-13-14(17-6)16(4,5)19-15(13,2)3/h12-14,17H,7-11H2,1-6H3. The number of likely N-dealkylation sites (N-methyl/N-ethyl adjacent to an activating group) is 1. The van der Waals surface area contributed by atoms with Crippen molar-refractivity contribution in [3.05, 3.63) is 0 Å². The van der Waals surface area contributed by atoms with Gasteiger partial charge in [0, 0.05) is 25.0 Å². The normalized spacial score (nSPS) is 38.5. The van der Waals surface area contributed by atoms with E-state index < -0.39 is 0 Å². The van der Waals surface area contributed by atoms with Crippen LogP contribution in [0.3, 0.4) is 0 Å². The lowest BCUT2D eigenvalue weighted by Crippen LogP contribution is -2.51. The summed E-state index contributed by atoms with van der Waals surface area (Å²) in [5.41, 5.74) is -0.123. The van der Waals surface area contributed by atoms with Gasteiger partial charge in [0.1, 0.15) is 0 Å². The molecular formula is C16H32N2O. The van der Waals surface area contributed by atoms with E-state index in [9.17, 15) is 0 Å². The Morgan fingerprint density at radius 2 is 1.89 bits per heavy atom. The molecule has 2 heterocycles. The summed E-state index contributed by atoms with van der Waals surface area (Å²) in [6, 6.07) is 0.430. The Kier molecular flexibility index (Phi) is 4.29. The monoisotopic (exact) mass is 268 g/mol. The van der Waals surface area contributed by atoms with Gasteiger partial charge in [-0.1, -0.05) is 6.92 Å². The fraction of sp³-hybridized carbons (Fsp3) is 1.00. The van der Waals surface area contributed by atoms with Crippen molar-refractivity contribution < 1.29 is 4.74 Å². The highest BCUT2D eigenvalue weighted by molar-refractivity contribution is 5.05. The highest BCUT2D eigenvalue weighted by Crippen LogP contribution is 2.42. The van der Waals surface area contributed by atoms with Crippen molar-refractivity contribution in [3.63, 3.8) is 0 Å². The predicted octanol–water partition coefficient (Wildman–Crippen LogP) is 2.51. The molecule has 0 aromatic rings. The minimum absolute atomic E-state index is 0.0438. The molecule has 0 radical (unpaired) electrons. The summed E-state index contributed by atoms with van der Waals surface area (Å²) in [7, 11) is 2.07. The Labute approximate surface area is 119 Å². The van der Waals surface area contributed by atoms with E-state index in [2.05, 4.69) is 51.9 Å². The van der Waals surface area contributed by atoms with E-state index in [1.165, 1.54) is 25.9 Å². The van der Waals surface area contributed by atoms with Crippen molar-refractivity contribution in [2.45, 2.75) is 64.7 Å². The maximum atomic E-state index is 6.33. The third-order valence-electron chi connectivity index (χ3n) is 5.08. The van der Waals surface area contributed by atoms with Gasteiger partial charge in [-0.25, -0.2) is 0 Å². The Morgan fingerprint density at radius 1 is 1.21 bits per heavy atom. The molecule has 19 heavy (non-hydrogen) atoms. The molecule has 3 unspecified atom stereocenters. The fourth-order valence-corrected chi connectivity index (χ4v) is 4.31. The molecule has 2 aliphatic rings. The number of piperidine rings is 1. The van der Waals surface area contributed by atoms with Gasteiger partial charge in [-0.2, -0.15) is 0 Å². The average molecular weight is 268 g/mol. The Balaban J connectivity index is 2.08. The highest BCUT2D eigenvalue weighted by Gasteiger charge is 2.53. The predicted molar refractivity (Wildman–Crippen MR) is 80.4 cm³/mol. The summed E-state index contributed by atoms with van der Waals surface area (Å²) >= 11 is 0. The van der Waals surface area contributed by atoms with E-state index in [-0.39, 0.29) is 11.2 Å². The first-order chi connectivity index (χ1) is 8.76. The number of hydrogen-bond acceptors (Lipinski definition) is 3. The smallest absolute Gasteiger partial charge is 0.0790 e. The largest absolute Gasteiger partial charge is 0.368 e. The van der Waals surface area contributed by atoms with Crippen LogP contribution in [0.4, 0.5) is 0 Å². The molecule has 0 saturated carbocycles. The van der Waals surface area contributed by atoms with E-state index in [1.807, 2.05) is 0 Å². The number of likely N-dealkylation sites (tertiary alicyclic amines) is 1.